The van der Waals surface area contributed by atoms with Gasteiger partial charge in [-0.1, -0.05) is 26.0 Å². The fourth-order valence-corrected chi connectivity index (χ4v) is 2.45. The maximum absolute atomic E-state index is 10.4. The fourth-order valence-electron chi connectivity index (χ4n) is 2.45. The number of ether oxygens (including phenoxy) is 1. The monoisotopic (exact) mass is 260 g/mol. The molecule has 0 fully saturated rings. The lowest BCUT2D eigenvalue weighted by molar-refractivity contribution is -0.104. The lowest BCUT2D eigenvalue weighted by Crippen LogP contribution is -2.20. The van der Waals surface area contributed by atoms with Gasteiger partial charge in [0.05, 0.1) is 12.4 Å². The summed E-state index contributed by atoms with van der Waals surface area (Å²) in [5.74, 6) is 1.06. The van der Waals surface area contributed by atoms with Crippen LogP contribution in [0.3, 0.4) is 0 Å². The highest BCUT2D eigenvalue weighted by Gasteiger charge is 2.28. The van der Waals surface area contributed by atoms with E-state index in [0.717, 1.165) is 24.0 Å². The Morgan fingerprint density at radius 3 is 2.68 bits per heavy atom. The molecule has 0 aromatic carbocycles. The second kappa shape index (κ2) is 6.55. The molecule has 0 radical (unpaired) electrons. The van der Waals surface area contributed by atoms with Crippen molar-refractivity contribution < 1.29 is 9.53 Å². The van der Waals surface area contributed by atoms with E-state index in [9.17, 15) is 4.79 Å². The average molecular weight is 260 g/mol. The smallest absolute Gasteiger partial charge is 0.143 e. The minimum Gasteiger partial charge on any atom is -0.498 e. The second-order valence-corrected chi connectivity index (χ2v) is 5.58. The molecule has 2 heteroatoms. The van der Waals surface area contributed by atoms with Crippen molar-refractivity contribution in [1.29, 1.82) is 0 Å². The molecule has 0 saturated carbocycles. The van der Waals surface area contributed by atoms with Crippen molar-refractivity contribution in [3.63, 3.8) is 0 Å². The third-order valence-corrected chi connectivity index (χ3v) is 3.32. The molecule has 1 aliphatic carbocycles. The van der Waals surface area contributed by atoms with E-state index in [4.69, 9.17) is 4.74 Å². The minimum absolute atomic E-state index is 0.0568. The predicted octanol–water partition coefficient (Wildman–Crippen LogP) is 4.35. The summed E-state index contributed by atoms with van der Waals surface area (Å²) < 4.78 is 5.65. The summed E-state index contributed by atoms with van der Waals surface area (Å²) in [5.41, 5.74) is 3.55. The van der Waals surface area contributed by atoms with Crippen LogP contribution in [0.4, 0.5) is 0 Å². The summed E-state index contributed by atoms with van der Waals surface area (Å²) in [7, 11) is 0. The molecule has 1 aliphatic rings. The molecule has 104 valence electrons. The fraction of sp³-hybridized carbons (Fsp3) is 0.471. The Kier molecular flexibility index (Phi) is 5.34. The number of rotatable bonds is 5. The molecule has 2 nitrogen and oxygen atoms in total. The van der Waals surface area contributed by atoms with Crippen LogP contribution in [-0.4, -0.2) is 12.9 Å². The first-order valence-electron chi connectivity index (χ1n) is 6.75. The summed E-state index contributed by atoms with van der Waals surface area (Å²) in [5, 5.41) is 0. The topological polar surface area (TPSA) is 26.3 Å². The SMILES string of the molecule is CCOC1=CC(C)=C(/C=C/C(C)=C/C=O)C(C)(C)C1. The summed E-state index contributed by atoms with van der Waals surface area (Å²) in [6.45, 7) is 11.2. The van der Waals surface area contributed by atoms with Crippen LogP contribution in [0.15, 0.2) is 46.8 Å². The van der Waals surface area contributed by atoms with Crippen LogP contribution in [0, 0.1) is 5.41 Å². The minimum atomic E-state index is 0.0568. The molecule has 0 atom stereocenters. The summed E-state index contributed by atoms with van der Waals surface area (Å²) in [6, 6.07) is 0. The van der Waals surface area contributed by atoms with E-state index in [-0.39, 0.29) is 5.41 Å². The molecular weight excluding hydrogens is 236 g/mol. The van der Waals surface area contributed by atoms with Gasteiger partial charge in [-0.2, -0.15) is 0 Å². The quantitative estimate of drug-likeness (QED) is 0.417. The van der Waals surface area contributed by atoms with Crippen molar-refractivity contribution in [2.45, 2.75) is 41.0 Å². The zero-order chi connectivity index (χ0) is 14.5. The highest BCUT2D eigenvalue weighted by molar-refractivity contribution is 5.67. The Morgan fingerprint density at radius 1 is 1.47 bits per heavy atom. The molecule has 19 heavy (non-hydrogen) atoms. The Morgan fingerprint density at radius 2 is 2.16 bits per heavy atom. The van der Waals surface area contributed by atoms with E-state index in [2.05, 4.69) is 32.9 Å². The standard InChI is InChI=1S/C17H24O2/c1-6-19-15-11-14(3)16(17(4,5)12-15)8-7-13(2)9-10-18/h7-11H,6,12H2,1-5H3/b8-7+,13-9+. The molecule has 1 rings (SSSR count). The molecule has 0 aromatic rings. The first-order chi connectivity index (χ1) is 8.90. The van der Waals surface area contributed by atoms with E-state index in [0.29, 0.717) is 6.61 Å². The first kappa shape index (κ1) is 15.5. The van der Waals surface area contributed by atoms with Gasteiger partial charge >= 0.3 is 0 Å². The van der Waals surface area contributed by atoms with Gasteiger partial charge in [-0.15, -0.1) is 0 Å². The Balaban J connectivity index is 3.05. The third-order valence-electron chi connectivity index (χ3n) is 3.32. The number of hydrogen-bond acceptors (Lipinski definition) is 2. The Labute approximate surface area is 116 Å². The van der Waals surface area contributed by atoms with E-state index in [1.807, 2.05) is 19.9 Å². The van der Waals surface area contributed by atoms with Crippen molar-refractivity contribution >= 4 is 6.29 Å². The highest BCUT2D eigenvalue weighted by Crippen LogP contribution is 2.41. The van der Waals surface area contributed by atoms with Crippen LogP contribution in [-0.2, 0) is 9.53 Å². The van der Waals surface area contributed by atoms with Crippen LogP contribution in [0.25, 0.3) is 0 Å². The number of aldehydes is 1. The van der Waals surface area contributed by atoms with E-state index in [1.165, 1.54) is 11.1 Å². The molecule has 0 aromatic heterocycles. The zero-order valence-electron chi connectivity index (χ0n) is 12.6. The predicted molar refractivity (Wildman–Crippen MR) is 79.8 cm³/mol. The summed E-state index contributed by atoms with van der Waals surface area (Å²) in [4.78, 5) is 10.4. The maximum Gasteiger partial charge on any atom is 0.143 e. The Hall–Kier alpha value is -1.57. The van der Waals surface area contributed by atoms with Crippen LogP contribution in [0.2, 0.25) is 0 Å². The average Bonchev–Trinajstić information content (AvgIpc) is 2.27. The Bertz CT molecular complexity index is 460. The zero-order valence-corrected chi connectivity index (χ0v) is 12.6. The maximum atomic E-state index is 10.4. The number of carbonyl (C=O) groups excluding carboxylic acids is 1. The van der Waals surface area contributed by atoms with Crippen LogP contribution < -0.4 is 0 Å². The van der Waals surface area contributed by atoms with Gasteiger partial charge < -0.3 is 4.74 Å². The van der Waals surface area contributed by atoms with Gasteiger partial charge in [0.15, 0.2) is 0 Å². The number of hydrogen-bond donors (Lipinski definition) is 0. The van der Waals surface area contributed by atoms with Gasteiger partial charge in [-0.25, -0.2) is 0 Å². The molecular formula is C17H24O2. The van der Waals surface area contributed by atoms with E-state index >= 15 is 0 Å². The number of carbonyl (C=O) groups is 1. The molecule has 0 unspecified atom stereocenters. The molecule has 0 amide bonds. The van der Waals surface area contributed by atoms with E-state index in [1.54, 1.807) is 6.08 Å². The number of allylic oxidation sites excluding steroid dienone is 8. The van der Waals surface area contributed by atoms with Gasteiger partial charge in [0.2, 0.25) is 0 Å². The van der Waals surface area contributed by atoms with Crippen LogP contribution >= 0.6 is 0 Å². The lowest BCUT2D eigenvalue weighted by atomic mass is 9.74. The molecule has 0 aliphatic heterocycles. The van der Waals surface area contributed by atoms with Crippen molar-refractivity contribution in [2.24, 2.45) is 5.41 Å². The van der Waals surface area contributed by atoms with Gasteiger partial charge in [0.1, 0.15) is 6.29 Å². The third kappa shape index (κ3) is 4.23. The van der Waals surface area contributed by atoms with E-state index < -0.39 is 0 Å². The van der Waals surface area contributed by atoms with Crippen LogP contribution in [0.5, 0.6) is 0 Å². The summed E-state index contributed by atoms with van der Waals surface area (Å²) in [6.07, 6.45) is 9.53. The largest absolute Gasteiger partial charge is 0.498 e. The van der Waals surface area contributed by atoms with Crippen molar-refractivity contribution in [1.82, 2.24) is 0 Å². The second-order valence-electron chi connectivity index (χ2n) is 5.58. The molecule has 0 N–H and O–H groups in total. The first-order valence-corrected chi connectivity index (χ1v) is 6.75. The molecule has 0 heterocycles. The van der Waals surface area contributed by atoms with Crippen LogP contribution in [0.1, 0.15) is 41.0 Å². The van der Waals surface area contributed by atoms with Crippen molar-refractivity contribution in [3.05, 3.63) is 46.8 Å². The molecule has 0 bridgehead atoms. The van der Waals surface area contributed by atoms with Gasteiger partial charge in [-0.05, 0) is 55.1 Å². The van der Waals surface area contributed by atoms with Crippen molar-refractivity contribution in [3.8, 4) is 0 Å². The summed E-state index contributed by atoms with van der Waals surface area (Å²) >= 11 is 0. The molecule has 0 spiro atoms. The lowest BCUT2D eigenvalue weighted by Gasteiger charge is -2.32. The molecule has 0 saturated heterocycles. The normalized spacial score (nSPS) is 19.6. The van der Waals surface area contributed by atoms with Gasteiger partial charge in [0.25, 0.3) is 0 Å². The van der Waals surface area contributed by atoms with Gasteiger partial charge in [-0.3, -0.25) is 4.79 Å². The van der Waals surface area contributed by atoms with Crippen molar-refractivity contribution in [2.75, 3.05) is 6.61 Å². The van der Waals surface area contributed by atoms with Gasteiger partial charge in [0, 0.05) is 6.42 Å². The highest BCUT2D eigenvalue weighted by atomic mass is 16.5.